The molecule has 1 heterocycles. The number of carbonyl (C=O) groups is 1. The minimum Gasteiger partial charge on any atom is -0.440 e. The van der Waals surface area contributed by atoms with Gasteiger partial charge in [-0.25, -0.2) is 0 Å². The molecule has 0 radical (unpaired) electrons. The summed E-state index contributed by atoms with van der Waals surface area (Å²) in [6.07, 6.45) is 0.784. The van der Waals surface area contributed by atoms with Crippen LogP contribution >= 0.6 is 23.4 Å². The highest BCUT2D eigenvalue weighted by Crippen LogP contribution is 2.12. The van der Waals surface area contributed by atoms with Crippen molar-refractivity contribution in [1.29, 1.82) is 0 Å². The van der Waals surface area contributed by atoms with E-state index in [0.717, 1.165) is 17.9 Å². The van der Waals surface area contributed by atoms with E-state index in [1.165, 1.54) is 12.1 Å². The fourth-order valence-electron chi connectivity index (χ4n) is 1.03. The zero-order chi connectivity index (χ0) is 11.8. The number of nitrogens with one attached hydrogen (secondary N) is 1. The van der Waals surface area contributed by atoms with Crippen molar-refractivity contribution in [3.05, 3.63) is 23.1 Å². The standard InChI is InChI=1S/C10H14ClNO3S/c11-9-3-2-8(15-9)10(14)12-4-7-16-6-1-5-13/h2-3,13H,1,4-7H2,(H,12,14). The highest BCUT2D eigenvalue weighted by molar-refractivity contribution is 7.99. The molecule has 0 fully saturated rings. The second-order valence-corrected chi connectivity index (χ2v) is 4.65. The van der Waals surface area contributed by atoms with Gasteiger partial charge in [-0.2, -0.15) is 11.8 Å². The van der Waals surface area contributed by atoms with Crippen molar-refractivity contribution in [3.63, 3.8) is 0 Å². The number of thioether (sulfide) groups is 1. The number of halogens is 1. The molecule has 1 aromatic rings. The Morgan fingerprint density at radius 3 is 2.94 bits per heavy atom. The van der Waals surface area contributed by atoms with E-state index in [1.807, 2.05) is 0 Å². The molecule has 0 spiro atoms. The first-order valence-corrected chi connectivity index (χ1v) is 6.49. The van der Waals surface area contributed by atoms with Crippen molar-refractivity contribution in [2.75, 3.05) is 24.7 Å². The number of hydrogen-bond acceptors (Lipinski definition) is 4. The van der Waals surface area contributed by atoms with E-state index in [9.17, 15) is 4.79 Å². The average Bonchev–Trinajstić information content (AvgIpc) is 2.70. The summed E-state index contributed by atoms with van der Waals surface area (Å²) < 4.78 is 4.95. The Balaban J connectivity index is 2.11. The Bertz CT molecular complexity index is 330. The smallest absolute Gasteiger partial charge is 0.287 e. The lowest BCUT2D eigenvalue weighted by Gasteiger charge is -2.02. The fourth-order valence-corrected chi connectivity index (χ4v) is 1.96. The van der Waals surface area contributed by atoms with Gasteiger partial charge in [0.25, 0.3) is 5.91 Å². The molecule has 6 heteroatoms. The average molecular weight is 264 g/mol. The maximum absolute atomic E-state index is 11.4. The highest BCUT2D eigenvalue weighted by atomic mass is 35.5. The second-order valence-electron chi connectivity index (χ2n) is 3.05. The van der Waals surface area contributed by atoms with E-state index in [4.69, 9.17) is 21.1 Å². The lowest BCUT2D eigenvalue weighted by atomic mass is 10.4. The lowest BCUT2D eigenvalue weighted by molar-refractivity contribution is 0.0928. The monoisotopic (exact) mass is 263 g/mol. The van der Waals surface area contributed by atoms with Crippen LogP contribution in [0.3, 0.4) is 0 Å². The summed E-state index contributed by atoms with van der Waals surface area (Å²) in [5.74, 6) is 1.69. The van der Waals surface area contributed by atoms with Gasteiger partial charge in [0.05, 0.1) is 0 Å². The molecule has 0 bridgehead atoms. The molecule has 0 unspecified atom stereocenters. The number of furan rings is 1. The number of rotatable bonds is 7. The van der Waals surface area contributed by atoms with Crippen molar-refractivity contribution in [3.8, 4) is 0 Å². The highest BCUT2D eigenvalue weighted by Gasteiger charge is 2.08. The van der Waals surface area contributed by atoms with Crippen LogP contribution < -0.4 is 5.32 Å². The molecular weight excluding hydrogens is 250 g/mol. The molecule has 4 nitrogen and oxygen atoms in total. The van der Waals surface area contributed by atoms with Crippen LogP contribution in [0.2, 0.25) is 5.22 Å². The molecule has 0 aliphatic rings. The van der Waals surface area contributed by atoms with Gasteiger partial charge < -0.3 is 14.8 Å². The first kappa shape index (κ1) is 13.4. The lowest BCUT2D eigenvalue weighted by Crippen LogP contribution is -2.25. The zero-order valence-electron chi connectivity index (χ0n) is 8.74. The molecule has 0 aliphatic carbocycles. The van der Waals surface area contributed by atoms with Gasteiger partial charge in [0, 0.05) is 18.9 Å². The predicted octanol–water partition coefficient (Wildman–Crippen LogP) is 1.78. The minimum atomic E-state index is -0.255. The second kappa shape index (κ2) is 7.60. The van der Waals surface area contributed by atoms with Crippen molar-refractivity contribution in [2.45, 2.75) is 6.42 Å². The van der Waals surface area contributed by atoms with E-state index >= 15 is 0 Å². The van der Waals surface area contributed by atoms with Gasteiger partial charge in [-0.05, 0) is 35.9 Å². The minimum absolute atomic E-state index is 0.211. The number of aliphatic hydroxyl groups is 1. The quantitative estimate of drug-likeness (QED) is 0.736. The summed E-state index contributed by atoms with van der Waals surface area (Å²) in [4.78, 5) is 11.4. The van der Waals surface area contributed by atoms with Crippen LogP contribution in [-0.4, -0.2) is 35.7 Å². The van der Waals surface area contributed by atoms with Gasteiger partial charge in [-0.15, -0.1) is 0 Å². The maximum Gasteiger partial charge on any atom is 0.287 e. The van der Waals surface area contributed by atoms with Gasteiger partial charge in [0.15, 0.2) is 11.0 Å². The van der Waals surface area contributed by atoms with E-state index in [2.05, 4.69) is 5.32 Å². The molecule has 0 atom stereocenters. The normalized spacial score (nSPS) is 10.4. The van der Waals surface area contributed by atoms with Crippen molar-refractivity contribution >= 4 is 29.3 Å². The van der Waals surface area contributed by atoms with Crippen LogP contribution in [0.25, 0.3) is 0 Å². The van der Waals surface area contributed by atoms with Crippen molar-refractivity contribution in [2.24, 2.45) is 0 Å². The van der Waals surface area contributed by atoms with Crippen LogP contribution in [0.4, 0.5) is 0 Å². The molecule has 0 aliphatic heterocycles. The SMILES string of the molecule is O=C(NCCSCCCO)c1ccc(Cl)o1. The fraction of sp³-hybridized carbons (Fsp3) is 0.500. The van der Waals surface area contributed by atoms with E-state index < -0.39 is 0 Å². The molecule has 16 heavy (non-hydrogen) atoms. The topological polar surface area (TPSA) is 62.5 Å². The van der Waals surface area contributed by atoms with E-state index in [1.54, 1.807) is 11.8 Å². The van der Waals surface area contributed by atoms with E-state index in [-0.39, 0.29) is 23.5 Å². The maximum atomic E-state index is 11.4. The first-order valence-electron chi connectivity index (χ1n) is 4.96. The largest absolute Gasteiger partial charge is 0.440 e. The number of carbonyl (C=O) groups excluding carboxylic acids is 1. The molecule has 2 N–H and O–H groups in total. The van der Waals surface area contributed by atoms with Crippen LogP contribution in [-0.2, 0) is 0 Å². The Hall–Kier alpha value is -0.650. The molecule has 0 aromatic carbocycles. The van der Waals surface area contributed by atoms with Crippen LogP contribution in [0, 0.1) is 0 Å². The molecule has 1 aromatic heterocycles. The third kappa shape index (κ3) is 4.92. The first-order chi connectivity index (χ1) is 7.74. The molecule has 1 rings (SSSR count). The summed E-state index contributed by atoms with van der Waals surface area (Å²) in [5.41, 5.74) is 0. The third-order valence-electron chi connectivity index (χ3n) is 1.78. The third-order valence-corrected chi connectivity index (χ3v) is 3.05. The van der Waals surface area contributed by atoms with Gasteiger partial charge in [0.2, 0.25) is 0 Å². The summed E-state index contributed by atoms with van der Waals surface area (Å²) >= 11 is 7.24. The summed E-state index contributed by atoms with van der Waals surface area (Å²) in [6, 6.07) is 3.07. The van der Waals surface area contributed by atoms with Crippen molar-refractivity contribution < 1.29 is 14.3 Å². The van der Waals surface area contributed by atoms with Crippen LogP contribution in [0.15, 0.2) is 16.5 Å². The molecule has 0 saturated heterocycles. The Kier molecular flexibility index (Phi) is 6.37. The number of aliphatic hydroxyl groups excluding tert-OH is 1. The number of hydrogen-bond donors (Lipinski definition) is 2. The zero-order valence-corrected chi connectivity index (χ0v) is 10.3. The van der Waals surface area contributed by atoms with Gasteiger partial charge >= 0.3 is 0 Å². The Morgan fingerprint density at radius 2 is 2.31 bits per heavy atom. The van der Waals surface area contributed by atoms with Crippen LogP contribution in [0.5, 0.6) is 0 Å². The summed E-state index contributed by atoms with van der Waals surface area (Å²) in [7, 11) is 0. The Morgan fingerprint density at radius 1 is 1.50 bits per heavy atom. The molecular formula is C10H14ClNO3S. The van der Waals surface area contributed by atoms with Crippen molar-refractivity contribution in [1.82, 2.24) is 5.32 Å². The molecule has 90 valence electrons. The predicted molar refractivity (Wildman–Crippen MR) is 65.1 cm³/mol. The van der Waals surface area contributed by atoms with Gasteiger partial charge in [0.1, 0.15) is 0 Å². The Labute approximate surface area is 103 Å². The number of amides is 1. The van der Waals surface area contributed by atoms with Gasteiger partial charge in [-0.3, -0.25) is 4.79 Å². The van der Waals surface area contributed by atoms with Gasteiger partial charge in [-0.1, -0.05) is 0 Å². The van der Waals surface area contributed by atoms with Crippen LogP contribution in [0.1, 0.15) is 17.0 Å². The summed E-state index contributed by atoms with van der Waals surface area (Å²) in [5, 5.41) is 11.5. The molecule has 0 saturated carbocycles. The molecule has 1 amide bonds. The summed E-state index contributed by atoms with van der Waals surface area (Å²) in [6.45, 7) is 0.789. The van der Waals surface area contributed by atoms with E-state index in [0.29, 0.717) is 6.54 Å².